The number of hydrogen-bond acceptors (Lipinski definition) is 5. The van der Waals surface area contributed by atoms with Crippen LogP contribution in [0.3, 0.4) is 0 Å². The first-order chi connectivity index (χ1) is 9.69. The second kappa shape index (κ2) is 4.34. The van der Waals surface area contributed by atoms with E-state index in [0.717, 1.165) is 36.4 Å². The van der Waals surface area contributed by atoms with E-state index < -0.39 is 0 Å². The van der Waals surface area contributed by atoms with Crippen LogP contribution < -0.4 is 16.8 Å². The quantitative estimate of drug-likeness (QED) is 0.786. The fraction of sp³-hybridized carbons (Fsp3) is 0.571. The summed E-state index contributed by atoms with van der Waals surface area (Å²) in [6, 6.07) is 4.70. The molecule has 0 aliphatic heterocycles. The molecule has 2 aliphatic rings. The van der Waals surface area contributed by atoms with Crippen LogP contribution in [-0.4, -0.2) is 26.7 Å². The molecule has 6 heteroatoms. The first kappa shape index (κ1) is 12.0. The summed E-state index contributed by atoms with van der Waals surface area (Å²) in [5, 5.41) is 7.91. The SMILES string of the molecule is Nc1cc2nc(C3CC3)cc(N[C@H]3CC[C@H](N)C3)n2n1. The molecule has 2 saturated carbocycles. The zero-order valence-corrected chi connectivity index (χ0v) is 11.4. The minimum absolute atomic E-state index is 0.315. The Labute approximate surface area is 117 Å². The van der Waals surface area contributed by atoms with Crippen LogP contribution in [0.1, 0.15) is 43.7 Å². The van der Waals surface area contributed by atoms with Gasteiger partial charge < -0.3 is 16.8 Å². The molecule has 0 spiro atoms. The van der Waals surface area contributed by atoms with Gasteiger partial charge in [-0.15, -0.1) is 5.10 Å². The van der Waals surface area contributed by atoms with Gasteiger partial charge in [-0.2, -0.15) is 4.52 Å². The van der Waals surface area contributed by atoms with Crippen molar-refractivity contribution in [3.05, 3.63) is 17.8 Å². The molecular weight excluding hydrogens is 252 g/mol. The number of hydrogen-bond donors (Lipinski definition) is 3. The van der Waals surface area contributed by atoms with Crippen molar-refractivity contribution in [1.29, 1.82) is 0 Å². The summed E-state index contributed by atoms with van der Waals surface area (Å²) < 4.78 is 1.81. The van der Waals surface area contributed by atoms with Crippen LogP contribution in [0.2, 0.25) is 0 Å². The lowest BCUT2D eigenvalue weighted by Crippen LogP contribution is -2.22. The topological polar surface area (TPSA) is 94.3 Å². The van der Waals surface area contributed by atoms with E-state index in [2.05, 4.69) is 21.5 Å². The maximum absolute atomic E-state index is 5.99. The summed E-state index contributed by atoms with van der Waals surface area (Å²) >= 11 is 0. The molecule has 2 atom stereocenters. The van der Waals surface area contributed by atoms with Crippen molar-refractivity contribution in [2.45, 2.75) is 50.1 Å². The van der Waals surface area contributed by atoms with Gasteiger partial charge in [0.25, 0.3) is 0 Å². The number of nitrogen functional groups attached to an aromatic ring is 1. The molecule has 0 unspecified atom stereocenters. The highest BCUT2D eigenvalue weighted by molar-refractivity contribution is 5.56. The maximum Gasteiger partial charge on any atom is 0.159 e. The molecule has 2 aromatic rings. The smallest absolute Gasteiger partial charge is 0.159 e. The third-order valence-electron chi connectivity index (χ3n) is 4.29. The Morgan fingerprint density at radius 3 is 2.75 bits per heavy atom. The van der Waals surface area contributed by atoms with Gasteiger partial charge in [0.05, 0.1) is 0 Å². The number of anilines is 2. The molecule has 0 aromatic carbocycles. The molecule has 0 saturated heterocycles. The highest BCUT2D eigenvalue weighted by Crippen LogP contribution is 2.40. The van der Waals surface area contributed by atoms with Crippen LogP contribution in [0.25, 0.3) is 5.65 Å². The predicted octanol–water partition coefficient (Wildman–Crippen LogP) is 1.48. The van der Waals surface area contributed by atoms with Crippen LogP contribution >= 0.6 is 0 Å². The van der Waals surface area contributed by atoms with E-state index >= 15 is 0 Å². The van der Waals surface area contributed by atoms with E-state index in [1.165, 1.54) is 12.8 Å². The van der Waals surface area contributed by atoms with E-state index in [0.29, 0.717) is 23.8 Å². The van der Waals surface area contributed by atoms with Gasteiger partial charge in [-0.3, -0.25) is 0 Å². The van der Waals surface area contributed by atoms with Gasteiger partial charge in [0.1, 0.15) is 11.6 Å². The van der Waals surface area contributed by atoms with Gasteiger partial charge in [0.2, 0.25) is 0 Å². The zero-order valence-electron chi connectivity index (χ0n) is 11.4. The Morgan fingerprint density at radius 2 is 2.05 bits per heavy atom. The van der Waals surface area contributed by atoms with E-state index in [-0.39, 0.29) is 0 Å². The second-order valence-corrected chi connectivity index (χ2v) is 6.09. The summed E-state index contributed by atoms with van der Waals surface area (Å²) in [7, 11) is 0. The molecule has 2 aliphatic carbocycles. The van der Waals surface area contributed by atoms with E-state index in [1.807, 2.05) is 10.6 Å². The number of nitrogens with zero attached hydrogens (tertiary/aromatic N) is 3. The van der Waals surface area contributed by atoms with E-state index in [4.69, 9.17) is 11.5 Å². The Kier molecular flexibility index (Phi) is 2.60. The summed E-state index contributed by atoms with van der Waals surface area (Å²) in [4.78, 5) is 4.66. The van der Waals surface area contributed by atoms with Crippen LogP contribution in [0.5, 0.6) is 0 Å². The minimum atomic E-state index is 0.315. The van der Waals surface area contributed by atoms with Gasteiger partial charge >= 0.3 is 0 Å². The Bertz CT molecular complexity index is 644. The molecule has 0 radical (unpaired) electrons. The highest BCUT2D eigenvalue weighted by atomic mass is 15.3. The maximum atomic E-state index is 5.99. The molecular formula is C14H20N6. The Hall–Kier alpha value is -1.82. The third kappa shape index (κ3) is 2.10. The molecule has 4 rings (SSSR count). The van der Waals surface area contributed by atoms with Gasteiger partial charge in [-0.1, -0.05) is 0 Å². The monoisotopic (exact) mass is 272 g/mol. The molecule has 0 amide bonds. The number of fused-ring (bicyclic) bond motifs is 1. The van der Waals surface area contributed by atoms with Gasteiger partial charge in [-0.05, 0) is 32.1 Å². The average molecular weight is 272 g/mol. The molecule has 6 nitrogen and oxygen atoms in total. The number of nitrogens with two attached hydrogens (primary N) is 2. The standard InChI is InChI=1S/C14H20N6/c15-9-3-4-10(5-9)17-13-6-11(8-1-2-8)18-14-7-12(16)19-20(13)14/h6-10,17H,1-5,15H2,(H2,16,19)/t9-,10-/m0/s1. The fourth-order valence-corrected chi connectivity index (χ4v) is 3.06. The molecule has 5 N–H and O–H groups in total. The summed E-state index contributed by atoms with van der Waals surface area (Å²) in [6.07, 6.45) is 5.68. The largest absolute Gasteiger partial charge is 0.382 e. The van der Waals surface area contributed by atoms with Gasteiger partial charge in [0, 0.05) is 35.8 Å². The highest BCUT2D eigenvalue weighted by Gasteiger charge is 2.27. The lowest BCUT2D eigenvalue weighted by atomic mass is 10.2. The van der Waals surface area contributed by atoms with E-state index in [1.54, 1.807) is 0 Å². The van der Waals surface area contributed by atoms with Crippen LogP contribution in [-0.2, 0) is 0 Å². The minimum Gasteiger partial charge on any atom is -0.382 e. The molecule has 2 fully saturated rings. The second-order valence-electron chi connectivity index (χ2n) is 6.09. The lowest BCUT2D eigenvalue weighted by Gasteiger charge is -2.15. The van der Waals surface area contributed by atoms with E-state index in [9.17, 15) is 0 Å². The van der Waals surface area contributed by atoms with Crippen molar-refractivity contribution >= 4 is 17.3 Å². The van der Waals surface area contributed by atoms with Crippen LogP contribution in [0.15, 0.2) is 12.1 Å². The molecule has 20 heavy (non-hydrogen) atoms. The van der Waals surface area contributed by atoms with Crippen molar-refractivity contribution in [2.75, 3.05) is 11.1 Å². The Balaban J connectivity index is 1.71. The first-order valence-electron chi connectivity index (χ1n) is 7.37. The average Bonchev–Trinajstić information content (AvgIpc) is 3.07. The lowest BCUT2D eigenvalue weighted by molar-refractivity contribution is 0.684. The summed E-state index contributed by atoms with van der Waals surface area (Å²) in [5.41, 5.74) is 13.8. The molecule has 2 aromatic heterocycles. The normalized spacial score (nSPS) is 26.2. The number of aromatic nitrogens is 3. The molecule has 2 heterocycles. The van der Waals surface area contributed by atoms with Gasteiger partial charge in [-0.25, -0.2) is 4.98 Å². The van der Waals surface area contributed by atoms with Crippen molar-refractivity contribution in [3.63, 3.8) is 0 Å². The molecule has 106 valence electrons. The predicted molar refractivity (Wildman–Crippen MR) is 78.6 cm³/mol. The van der Waals surface area contributed by atoms with Crippen molar-refractivity contribution in [1.82, 2.24) is 14.6 Å². The third-order valence-corrected chi connectivity index (χ3v) is 4.29. The van der Waals surface area contributed by atoms with Gasteiger partial charge in [0.15, 0.2) is 5.65 Å². The fourth-order valence-electron chi connectivity index (χ4n) is 3.06. The van der Waals surface area contributed by atoms with Crippen molar-refractivity contribution < 1.29 is 0 Å². The number of rotatable bonds is 3. The number of nitrogens with one attached hydrogen (secondary N) is 1. The summed E-state index contributed by atoms with van der Waals surface area (Å²) in [5.74, 6) is 2.12. The zero-order chi connectivity index (χ0) is 13.7. The van der Waals surface area contributed by atoms with Crippen LogP contribution in [0, 0.1) is 0 Å². The van der Waals surface area contributed by atoms with Crippen LogP contribution in [0.4, 0.5) is 11.6 Å². The Morgan fingerprint density at radius 1 is 1.20 bits per heavy atom. The first-order valence-corrected chi connectivity index (χ1v) is 7.37. The van der Waals surface area contributed by atoms with Crippen molar-refractivity contribution in [2.24, 2.45) is 5.73 Å². The molecule has 0 bridgehead atoms. The van der Waals surface area contributed by atoms with Crippen molar-refractivity contribution in [3.8, 4) is 0 Å². The summed E-state index contributed by atoms with van der Waals surface area (Å²) in [6.45, 7) is 0.